The molecule has 12 heteroatoms. The van der Waals surface area contributed by atoms with E-state index in [-0.39, 0.29) is 18.7 Å². The largest absolute Gasteiger partial charge is 0.697 e. The lowest BCUT2D eigenvalue weighted by molar-refractivity contribution is -0.223. The monoisotopic (exact) mass is 388 g/mol. The molecule has 142 valence electrons. The van der Waals surface area contributed by atoms with Gasteiger partial charge in [-0.1, -0.05) is 11.8 Å². The van der Waals surface area contributed by atoms with Crippen molar-refractivity contribution >= 4 is 14.2 Å². The summed E-state index contributed by atoms with van der Waals surface area (Å²) in [4.78, 5) is 13.2. The maximum Gasteiger partial charge on any atom is 0.697 e. The van der Waals surface area contributed by atoms with Crippen LogP contribution in [0.15, 0.2) is 11.8 Å². The first kappa shape index (κ1) is 19.2. The average Bonchev–Trinajstić information content (AvgIpc) is 3.13. The molecule has 1 amide bonds. The lowest BCUT2D eigenvalue weighted by Gasteiger charge is -2.39. The SMILES string of the molecule is CO[P+](=O)OC1C2OCC1(CO)OC2N1C=C(C#CCN)C(=O)NC1O. The van der Waals surface area contributed by atoms with Crippen LogP contribution >= 0.6 is 8.25 Å². The summed E-state index contributed by atoms with van der Waals surface area (Å²) in [5.41, 5.74) is 4.12. The Bertz CT molecular complexity index is 691. The van der Waals surface area contributed by atoms with E-state index in [1.54, 1.807) is 0 Å². The lowest BCUT2D eigenvalue weighted by atomic mass is 10.0. The van der Waals surface area contributed by atoms with Crippen LogP contribution in [0.5, 0.6) is 0 Å². The Balaban J connectivity index is 1.88. The molecule has 2 saturated heterocycles. The van der Waals surface area contributed by atoms with Gasteiger partial charge in [-0.05, 0) is 0 Å². The maximum atomic E-state index is 11.9. The first-order chi connectivity index (χ1) is 12.5. The van der Waals surface area contributed by atoms with Gasteiger partial charge >= 0.3 is 8.25 Å². The molecule has 0 saturated carbocycles. The fraction of sp³-hybridized carbons (Fsp3) is 0.643. The van der Waals surface area contributed by atoms with E-state index in [1.807, 2.05) is 0 Å². The number of rotatable bonds is 5. The molecular formula is C14H19N3O8P+. The zero-order valence-corrected chi connectivity index (χ0v) is 14.7. The number of nitrogens with zero attached hydrogens (tertiary/aromatic N) is 1. The number of hydrogen-bond acceptors (Lipinski definition) is 10. The zero-order chi connectivity index (χ0) is 18.9. The molecule has 3 heterocycles. The van der Waals surface area contributed by atoms with Crippen molar-refractivity contribution in [3.8, 4) is 11.8 Å². The van der Waals surface area contributed by atoms with Crippen molar-refractivity contribution in [1.29, 1.82) is 0 Å². The second-order valence-corrected chi connectivity index (χ2v) is 6.81. The Kier molecular flexibility index (Phi) is 5.57. The molecule has 3 rings (SSSR count). The quantitative estimate of drug-likeness (QED) is 0.299. The molecule has 6 atom stereocenters. The highest BCUT2D eigenvalue weighted by Gasteiger charge is 2.67. The number of nitrogens with two attached hydrogens (primary N) is 1. The number of aliphatic hydroxyl groups is 2. The number of carbonyl (C=O) groups is 1. The van der Waals surface area contributed by atoms with Gasteiger partial charge in [-0.2, -0.15) is 0 Å². The van der Waals surface area contributed by atoms with Gasteiger partial charge in [0.15, 0.2) is 17.9 Å². The molecule has 0 aromatic rings. The number of carbonyl (C=O) groups excluding carboxylic acids is 1. The highest BCUT2D eigenvalue weighted by Crippen LogP contribution is 2.46. The van der Waals surface area contributed by atoms with E-state index in [1.165, 1.54) is 18.2 Å². The first-order valence-electron chi connectivity index (χ1n) is 7.71. The van der Waals surface area contributed by atoms with Gasteiger partial charge in [-0.15, -0.1) is 9.05 Å². The molecule has 2 bridgehead atoms. The van der Waals surface area contributed by atoms with Crippen molar-refractivity contribution in [3.63, 3.8) is 0 Å². The molecule has 6 unspecified atom stereocenters. The van der Waals surface area contributed by atoms with Gasteiger partial charge in [0.1, 0.15) is 11.7 Å². The summed E-state index contributed by atoms with van der Waals surface area (Å²) in [6.07, 6.45) is -2.70. The summed E-state index contributed by atoms with van der Waals surface area (Å²) in [6, 6.07) is 0. The molecular weight excluding hydrogens is 369 g/mol. The average molecular weight is 388 g/mol. The number of hydrogen-bond donors (Lipinski definition) is 4. The molecule has 0 aliphatic carbocycles. The number of ether oxygens (including phenoxy) is 2. The van der Waals surface area contributed by atoms with Crippen molar-refractivity contribution in [3.05, 3.63) is 11.8 Å². The number of nitrogens with one attached hydrogen (secondary N) is 1. The van der Waals surface area contributed by atoms with Gasteiger partial charge in [0.05, 0.1) is 26.9 Å². The standard InChI is InChI=1S/C14H18N3O8P/c1-22-26(21)25-10-9-12(24-14(10,6-18)7-23-9)17-5-8(3-2-4-15)11(19)16-13(17)20/h5,9-10,12-13,18,20H,4,6-7,15H2,1H3/p+1. The first-order valence-corrected chi connectivity index (χ1v) is 8.81. The van der Waals surface area contributed by atoms with Crippen LogP contribution in [0.4, 0.5) is 0 Å². The Labute approximate surface area is 150 Å². The van der Waals surface area contributed by atoms with Crippen molar-refractivity contribution in [1.82, 2.24) is 10.2 Å². The molecule has 2 fully saturated rings. The maximum absolute atomic E-state index is 11.9. The minimum absolute atomic E-state index is 0.0159. The normalized spacial score (nSPS) is 36.3. The van der Waals surface area contributed by atoms with E-state index >= 15 is 0 Å². The van der Waals surface area contributed by atoms with Gasteiger partial charge in [-0.3, -0.25) is 4.79 Å². The van der Waals surface area contributed by atoms with E-state index in [0.717, 1.165) is 0 Å². The minimum Gasteiger partial charge on any atom is -0.393 e. The molecule has 11 nitrogen and oxygen atoms in total. The molecule has 0 radical (unpaired) electrons. The number of aliphatic hydroxyl groups excluding tert-OH is 2. The van der Waals surface area contributed by atoms with Crippen LogP contribution in [-0.4, -0.2) is 78.3 Å². The van der Waals surface area contributed by atoms with Crippen molar-refractivity contribution in [2.45, 2.75) is 30.4 Å². The molecule has 5 N–H and O–H groups in total. The van der Waals surface area contributed by atoms with Crippen molar-refractivity contribution < 1.29 is 38.1 Å². The Morgan fingerprint density at radius 2 is 2.38 bits per heavy atom. The molecule has 0 aromatic heterocycles. The molecule has 3 aliphatic rings. The molecule has 0 spiro atoms. The number of amides is 1. The summed E-state index contributed by atoms with van der Waals surface area (Å²) in [5, 5.41) is 22.3. The Morgan fingerprint density at radius 1 is 1.62 bits per heavy atom. The van der Waals surface area contributed by atoms with Crippen LogP contribution < -0.4 is 11.1 Å². The second-order valence-electron chi connectivity index (χ2n) is 5.78. The zero-order valence-electron chi connectivity index (χ0n) is 13.8. The van der Waals surface area contributed by atoms with E-state index in [2.05, 4.69) is 21.7 Å². The lowest BCUT2D eigenvalue weighted by Crippen LogP contribution is -2.58. The molecule has 3 aliphatic heterocycles. The summed E-state index contributed by atoms with van der Waals surface area (Å²) in [7, 11) is -1.22. The third-order valence-electron chi connectivity index (χ3n) is 4.27. The van der Waals surface area contributed by atoms with E-state index in [0.29, 0.717) is 0 Å². The van der Waals surface area contributed by atoms with Gasteiger partial charge in [-0.25, -0.2) is 0 Å². The molecule has 26 heavy (non-hydrogen) atoms. The predicted molar refractivity (Wildman–Crippen MR) is 84.8 cm³/mol. The Hall–Kier alpha value is -1.61. The highest BCUT2D eigenvalue weighted by molar-refractivity contribution is 7.33. The fourth-order valence-electron chi connectivity index (χ4n) is 3.04. The van der Waals surface area contributed by atoms with Crippen molar-refractivity contribution in [2.75, 3.05) is 26.9 Å². The summed E-state index contributed by atoms with van der Waals surface area (Å²) in [6.45, 7) is -0.383. The van der Waals surface area contributed by atoms with Crippen LogP contribution in [0, 0.1) is 11.8 Å². The molecule has 0 aromatic carbocycles. The Morgan fingerprint density at radius 3 is 3.04 bits per heavy atom. The smallest absolute Gasteiger partial charge is 0.393 e. The van der Waals surface area contributed by atoms with Crippen LogP contribution in [0.2, 0.25) is 0 Å². The van der Waals surface area contributed by atoms with Crippen LogP contribution in [0.3, 0.4) is 0 Å². The van der Waals surface area contributed by atoms with Crippen LogP contribution in [0.1, 0.15) is 0 Å². The van der Waals surface area contributed by atoms with E-state index < -0.39 is 51.2 Å². The van der Waals surface area contributed by atoms with Crippen LogP contribution in [0.25, 0.3) is 0 Å². The van der Waals surface area contributed by atoms with Gasteiger partial charge in [0, 0.05) is 10.8 Å². The summed E-state index contributed by atoms with van der Waals surface area (Å²) in [5.74, 6) is 4.60. The van der Waals surface area contributed by atoms with Gasteiger partial charge in [0.25, 0.3) is 5.91 Å². The highest BCUT2D eigenvalue weighted by atomic mass is 31.1. The van der Waals surface area contributed by atoms with Crippen LogP contribution in [-0.2, 0) is 27.9 Å². The second kappa shape index (κ2) is 7.56. The predicted octanol–water partition coefficient (Wildman–Crippen LogP) is -2.28. The van der Waals surface area contributed by atoms with Crippen molar-refractivity contribution in [2.24, 2.45) is 5.73 Å². The summed E-state index contributed by atoms with van der Waals surface area (Å²) < 4.78 is 33.1. The van der Waals surface area contributed by atoms with E-state index in [9.17, 15) is 19.6 Å². The van der Waals surface area contributed by atoms with E-state index in [4.69, 9.17) is 19.7 Å². The number of fused-ring (bicyclic) bond motifs is 2. The topological polar surface area (TPSA) is 153 Å². The fourth-order valence-corrected chi connectivity index (χ4v) is 3.62. The van der Waals surface area contributed by atoms with Gasteiger partial charge in [0.2, 0.25) is 6.35 Å². The third kappa shape index (κ3) is 3.22. The third-order valence-corrected chi connectivity index (χ3v) is 4.97. The minimum atomic E-state index is -2.44. The summed E-state index contributed by atoms with van der Waals surface area (Å²) >= 11 is 0. The van der Waals surface area contributed by atoms with Gasteiger partial charge < -0.3 is 35.6 Å².